The Bertz CT molecular complexity index is 1430. The maximum atomic E-state index is 12.2. The molecule has 2 atom stereocenters. The molecule has 2 fully saturated rings. The molecule has 3 amide bonds. The first-order valence-electron chi connectivity index (χ1n) is 10.5. The molecule has 2 saturated heterocycles. The summed E-state index contributed by atoms with van der Waals surface area (Å²) in [5, 5.41) is 8.09. The highest BCUT2D eigenvalue weighted by molar-refractivity contribution is 14.1. The predicted octanol–water partition coefficient (Wildman–Crippen LogP) is 3.66. The number of hydrogen-bond donors (Lipinski definition) is 1. The highest BCUT2D eigenvalue weighted by Crippen LogP contribution is 2.35. The second-order valence-electron chi connectivity index (χ2n) is 8.36. The fourth-order valence-corrected chi connectivity index (χ4v) is 5.46. The Kier molecular flexibility index (Phi) is 4.42. The first kappa shape index (κ1) is 19.6. The standard InChI is InChI=1S/C23H19IN6O2/c1-12-19(14-6-7-18-22(31)28-23(32)29(18)11-14)27-21-16(10-26-30(21)20(12)24)15-8-13-4-2-3-5-17(13)25-9-15/h2-5,8-10,14,18H,6-7,11H2,1H3,(H,28,31,32)/t14-,18+/m0/s1. The molecular weight excluding hydrogens is 519 g/mol. The fraction of sp³-hybridized carbons (Fsp3) is 0.261. The first-order valence-corrected chi connectivity index (χ1v) is 11.6. The molecular formula is C23H19IN6O2. The zero-order valence-electron chi connectivity index (χ0n) is 17.2. The van der Waals surface area contributed by atoms with Crippen LogP contribution in [0.4, 0.5) is 4.79 Å². The van der Waals surface area contributed by atoms with E-state index in [-0.39, 0.29) is 23.9 Å². The minimum Gasteiger partial charge on any atom is -0.312 e. The monoisotopic (exact) mass is 538 g/mol. The van der Waals surface area contributed by atoms with Crippen LogP contribution >= 0.6 is 22.6 Å². The van der Waals surface area contributed by atoms with Crippen molar-refractivity contribution in [1.82, 2.24) is 29.8 Å². The van der Waals surface area contributed by atoms with E-state index >= 15 is 0 Å². The Morgan fingerprint density at radius 2 is 2.00 bits per heavy atom. The lowest BCUT2D eigenvalue weighted by molar-refractivity contribution is -0.122. The number of fused-ring (bicyclic) bond motifs is 3. The number of para-hydroxylation sites is 1. The van der Waals surface area contributed by atoms with Gasteiger partial charge >= 0.3 is 6.03 Å². The van der Waals surface area contributed by atoms with Gasteiger partial charge in [-0.05, 0) is 54.5 Å². The topological polar surface area (TPSA) is 92.5 Å². The van der Waals surface area contributed by atoms with Gasteiger partial charge in [-0.3, -0.25) is 15.1 Å². The summed E-state index contributed by atoms with van der Waals surface area (Å²) in [7, 11) is 0. The number of halogens is 1. The summed E-state index contributed by atoms with van der Waals surface area (Å²) in [5.41, 5.74) is 5.62. The van der Waals surface area contributed by atoms with Gasteiger partial charge in [0.05, 0.1) is 17.4 Å². The summed E-state index contributed by atoms with van der Waals surface area (Å²) in [4.78, 5) is 35.5. The Morgan fingerprint density at radius 3 is 2.88 bits per heavy atom. The second-order valence-corrected chi connectivity index (χ2v) is 9.38. The van der Waals surface area contributed by atoms with Crippen molar-refractivity contribution in [3.63, 3.8) is 0 Å². The van der Waals surface area contributed by atoms with E-state index in [4.69, 9.17) is 4.98 Å². The summed E-state index contributed by atoms with van der Waals surface area (Å²) in [6.07, 6.45) is 5.15. The van der Waals surface area contributed by atoms with Gasteiger partial charge in [-0.2, -0.15) is 5.10 Å². The molecule has 5 heterocycles. The number of urea groups is 1. The SMILES string of the molecule is Cc1c([C@H]2CC[C@@H]3C(=O)NC(=O)N3C2)nc2c(-c3cnc4ccccc4c3)cnn2c1I. The van der Waals surface area contributed by atoms with Crippen molar-refractivity contribution in [2.45, 2.75) is 31.7 Å². The van der Waals surface area contributed by atoms with Crippen LogP contribution in [0, 0.1) is 10.6 Å². The quantitative estimate of drug-likeness (QED) is 0.239. The third-order valence-electron chi connectivity index (χ3n) is 6.51. The molecule has 3 aromatic heterocycles. The Labute approximate surface area is 197 Å². The van der Waals surface area contributed by atoms with E-state index in [0.717, 1.165) is 49.1 Å². The van der Waals surface area contributed by atoms with Gasteiger partial charge < -0.3 is 4.90 Å². The molecule has 8 nitrogen and oxygen atoms in total. The molecule has 2 aliphatic rings. The Morgan fingerprint density at radius 1 is 1.16 bits per heavy atom. The van der Waals surface area contributed by atoms with Crippen molar-refractivity contribution in [2.75, 3.05) is 6.54 Å². The third kappa shape index (κ3) is 2.90. The molecule has 2 aliphatic heterocycles. The Hall–Kier alpha value is -3.08. The number of carbonyl (C=O) groups is 2. The van der Waals surface area contributed by atoms with Gasteiger partial charge in [0.15, 0.2) is 5.65 Å². The van der Waals surface area contributed by atoms with Crippen molar-refractivity contribution in [2.24, 2.45) is 0 Å². The summed E-state index contributed by atoms with van der Waals surface area (Å²) in [6.45, 7) is 2.53. The zero-order valence-corrected chi connectivity index (χ0v) is 19.4. The van der Waals surface area contributed by atoms with Crippen molar-refractivity contribution in [3.05, 3.63) is 57.7 Å². The molecule has 4 aromatic rings. The molecule has 1 aromatic carbocycles. The van der Waals surface area contributed by atoms with Gasteiger partial charge in [-0.1, -0.05) is 18.2 Å². The van der Waals surface area contributed by atoms with Gasteiger partial charge in [-0.15, -0.1) is 0 Å². The van der Waals surface area contributed by atoms with E-state index in [1.54, 1.807) is 4.90 Å². The molecule has 160 valence electrons. The molecule has 0 aliphatic carbocycles. The van der Waals surface area contributed by atoms with Crippen molar-refractivity contribution in [3.8, 4) is 11.1 Å². The lowest BCUT2D eigenvalue weighted by Gasteiger charge is -2.33. The van der Waals surface area contributed by atoms with Crippen LogP contribution in [0.25, 0.3) is 27.7 Å². The lowest BCUT2D eigenvalue weighted by Crippen LogP contribution is -2.42. The van der Waals surface area contributed by atoms with Gasteiger partial charge in [0.2, 0.25) is 0 Å². The molecule has 0 unspecified atom stereocenters. The molecule has 0 bridgehead atoms. The van der Waals surface area contributed by atoms with E-state index in [9.17, 15) is 9.59 Å². The van der Waals surface area contributed by atoms with E-state index in [2.05, 4.69) is 44.1 Å². The molecule has 9 heteroatoms. The largest absolute Gasteiger partial charge is 0.324 e. The molecule has 1 N–H and O–H groups in total. The molecule has 0 saturated carbocycles. The summed E-state index contributed by atoms with van der Waals surface area (Å²) in [6, 6.07) is 9.48. The number of aromatic nitrogens is 4. The third-order valence-corrected chi connectivity index (χ3v) is 7.78. The first-order chi connectivity index (χ1) is 15.5. The lowest BCUT2D eigenvalue weighted by atomic mass is 9.89. The van der Waals surface area contributed by atoms with E-state index < -0.39 is 0 Å². The van der Waals surface area contributed by atoms with Crippen LogP contribution in [0.2, 0.25) is 0 Å². The van der Waals surface area contributed by atoms with Gasteiger partial charge in [0.1, 0.15) is 9.74 Å². The van der Waals surface area contributed by atoms with E-state index in [1.807, 2.05) is 48.1 Å². The molecule has 32 heavy (non-hydrogen) atoms. The number of piperidine rings is 1. The van der Waals surface area contributed by atoms with Crippen molar-refractivity contribution < 1.29 is 9.59 Å². The van der Waals surface area contributed by atoms with Crippen LogP contribution in [0.5, 0.6) is 0 Å². The fourth-order valence-electron chi connectivity index (χ4n) is 4.83. The van der Waals surface area contributed by atoms with Crippen LogP contribution in [0.15, 0.2) is 42.7 Å². The number of pyridine rings is 1. The maximum absolute atomic E-state index is 12.2. The summed E-state index contributed by atoms with van der Waals surface area (Å²) < 4.78 is 2.86. The smallest absolute Gasteiger partial charge is 0.312 e. The number of carbonyl (C=O) groups excluding carboxylic acids is 2. The molecule has 6 rings (SSSR count). The molecule has 0 spiro atoms. The average molecular weight is 538 g/mol. The van der Waals surface area contributed by atoms with Gasteiger partial charge in [-0.25, -0.2) is 14.3 Å². The van der Waals surface area contributed by atoms with Crippen molar-refractivity contribution >= 4 is 51.1 Å². The average Bonchev–Trinajstić information content (AvgIpc) is 3.36. The van der Waals surface area contributed by atoms with Crippen molar-refractivity contribution in [1.29, 1.82) is 0 Å². The highest BCUT2D eigenvalue weighted by Gasteiger charge is 2.43. The minimum atomic E-state index is -0.351. The number of benzene rings is 1. The second kappa shape index (κ2) is 7.22. The van der Waals surface area contributed by atoms with Crippen LogP contribution in [0.3, 0.4) is 0 Å². The number of imide groups is 1. The number of nitrogens with one attached hydrogen (secondary N) is 1. The summed E-state index contributed by atoms with van der Waals surface area (Å²) in [5.74, 6) is -0.121. The van der Waals surface area contributed by atoms with E-state index in [0.29, 0.717) is 13.0 Å². The Balaban J connectivity index is 1.45. The number of rotatable bonds is 2. The molecule has 0 radical (unpaired) electrons. The van der Waals surface area contributed by atoms with Gasteiger partial charge in [0, 0.05) is 40.7 Å². The number of amides is 3. The van der Waals surface area contributed by atoms with Gasteiger partial charge in [0.25, 0.3) is 5.91 Å². The maximum Gasteiger partial charge on any atom is 0.324 e. The normalized spacial score (nSPS) is 20.8. The number of hydrogen-bond acceptors (Lipinski definition) is 5. The minimum absolute atomic E-state index is 0.0684. The zero-order chi connectivity index (χ0) is 22.0. The van der Waals surface area contributed by atoms with E-state index in [1.165, 1.54) is 0 Å². The summed E-state index contributed by atoms with van der Waals surface area (Å²) >= 11 is 2.31. The van der Waals surface area contributed by atoms with Crippen LogP contribution < -0.4 is 5.32 Å². The predicted molar refractivity (Wildman–Crippen MR) is 127 cm³/mol. The van der Waals surface area contributed by atoms with Crippen LogP contribution in [-0.4, -0.2) is 49.0 Å². The highest BCUT2D eigenvalue weighted by atomic mass is 127. The van der Waals surface area contributed by atoms with Crippen LogP contribution in [0.1, 0.15) is 30.0 Å². The van der Waals surface area contributed by atoms with Crippen LogP contribution in [-0.2, 0) is 4.79 Å². The number of nitrogens with zero attached hydrogens (tertiary/aromatic N) is 5.